The predicted molar refractivity (Wildman–Crippen MR) is 104 cm³/mol. The Bertz CT molecular complexity index is 1040. The van der Waals surface area contributed by atoms with Gasteiger partial charge in [-0.3, -0.25) is 9.59 Å². The largest absolute Gasteiger partial charge is 0.310 e. The Morgan fingerprint density at radius 3 is 2.67 bits per heavy atom. The molecule has 0 saturated heterocycles. The molecule has 142 valence electrons. The highest BCUT2D eigenvalue weighted by Gasteiger charge is 2.21. The molecule has 2 aromatic heterocycles. The van der Waals surface area contributed by atoms with Crippen LogP contribution >= 0.6 is 0 Å². The van der Waals surface area contributed by atoms with E-state index in [9.17, 15) is 14.0 Å². The van der Waals surface area contributed by atoms with Crippen molar-refractivity contribution in [1.29, 1.82) is 0 Å². The number of nitrogens with zero attached hydrogens (tertiary/aromatic N) is 2. The molecule has 0 amide bonds. The van der Waals surface area contributed by atoms with E-state index in [2.05, 4.69) is 6.92 Å². The zero-order valence-corrected chi connectivity index (χ0v) is 15.7. The van der Waals surface area contributed by atoms with Crippen molar-refractivity contribution in [3.63, 3.8) is 0 Å². The van der Waals surface area contributed by atoms with Crippen molar-refractivity contribution < 1.29 is 9.18 Å². The fraction of sp³-hybridized carbons (Fsp3) is 0.455. The third-order valence-electron chi connectivity index (χ3n) is 5.97. The number of aryl methyl sites for hydroxylation is 1. The number of rotatable bonds is 5. The van der Waals surface area contributed by atoms with E-state index in [1.165, 1.54) is 25.0 Å². The van der Waals surface area contributed by atoms with E-state index in [4.69, 9.17) is 0 Å². The zero-order valence-electron chi connectivity index (χ0n) is 15.7. The van der Waals surface area contributed by atoms with Crippen LogP contribution in [-0.4, -0.2) is 14.8 Å². The van der Waals surface area contributed by atoms with Crippen molar-refractivity contribution in [2.75, 3.05) is 0 Å². The fourth-order valence-electron chi connectivity index (χ4n) is 4.35. The molecule has 5 heteroatoms. The molecule has 1 aromatic carbocycles. The van der Waals surface area contributed by atoms with Gasteiger partial charge >= 0.3 is 0 Å². The summed E-state index contributed by atoms with van der Waals surface area (Å²) in [6.07, 6.45) is 7.36. The lowest BCUT2D eigenvalue weighted by atomic mass is 9.80. The first-order valence-corrected chi connectivity index (χ1v) is 9.84. The number of aromatic nitrogens is 2. The molecule has 0 atom stereocenters. The molecule has 1 fully saturated rings. The Hall–Kier alpha value is -2.43. The van der Waals surface area contributed by atoms with Gasteiger partial charge in [0.25, 0.3) is 5.56 Å². The number of benzene rings is 1. The van der Waals surface area contributed by atoms with Crippen LogP contribution in [0.1, 0.15) is 45.4 Å². The summed E-state index contributed by atoms with van der Waals surface area (Å²) in [6, 6.07) is 8.01. The molecule has 3 aromatic rings. The summed E-state index contributed by atoms with van der Waals surface area (Å²) < 4.78 is 17.1. The summed E-state index contributed by atoms with van der Waals surface area (Å²) in [5, 5.41) is 0. The van der Waals surface area contributed by atoms with Crippen LogP contribution in [0.5, 0.6) is 0 Å². The number of carbonyl (C=O) groups is 1. The molecule has 4 rings (SSSR count). The van der Waals surface area contributed by atoms with Gasteiger partial charge < -0.3 is 8.97 Å². The summed E-state index contributed by atoms with van der Waals surface area (Å²) in [4.78, 5) is 25.4. The van der Waals surface area contributed by atoms with Gasteiger partial charge in [-0.05, 0) is 55.0 Å². The maximum Gasteiger partial charge on any atom is 0.275 e. The summed E-state index contributed by atoms with van der Waals surface area (Å²) in [7, 11) is 0. The number of hydrogen-bond donors (Lipinski definition) is 0. The smallest absolute Gasteiger partial charge is 0.275 e. The number of halogens is 1. The van der Waals surface area contributed by atoms with Crippen molar-refractivity contribution in [3.8, 4) is 0 Å². The van der Waals surface area contributed by atoms with E-state index in [-0.39, 0.29) is 17.2 Å². The van der Waals surface area contributed by atoms with E-state index < -0.39 is 0 Å². The van der Waals surface area contributed by atoms with Crippen molar-refractivity contribution >= 4 is 22.3 Å². The van der Waals surface area contributed by atoms with Crippen molar-refractivity contribution in [1.82, 2.24) is 8.97 Å². The van der Waals surface area contributed by atoms with Gasteiger partial charge in [-0.1, -0.05) is 19.8 Å². The Morgan fingerprint density at radius 1 is 1.11 bits per heavy atom. The molecule has 1 aliphatic carbocycles. The third kappa shape index (κ3) is 3.55. The first kappa shape index (κ1) is 18.0. The van der Waals surface area contributed by atoms with E-state index in [0.717, 1.165) is 24.3 Å². The molecule has 1 aliphatic rings. The first-order chi connectivity index (χ1) is 13.0. The number of hydrogen-bond acceptors (Lipinski definition) is 2. The summed E-state index contributed by atoms with van der Waals surface area (Å²) in [6.45, 7) is 2.56. The average molecular weight is 368 g/mol. The van der Waals surface area contributed by atoms with Gasteiger partial charge in [0.15, 0.2) is 0 Å². The summed E-state index contributed by atoms with van der Waals surface area (Å²) >= 11 is 0. The van der Waals surface area contributed by atoms with Crippen LogP contribution in [0.2, 0.25) is 0 Å². The SMILES string of the molecule is CC1CCC(CC(=O)CCn2c(=O)c3cccn3c3ccc(F)cc32)CC1. The minimum Gasteiger partial charge on any atom is -0.310 e. The van der Waals surface area contributed by atoms with Crippen molar-refractivity contribution in [2.24, 2.45) is 11.8 Å². The van der Waals surface area contributed by atoms with Crippen molar-refractivity contribution in [3.05, 3.63) is 52.7 Å². The van der Waals surface area contributed by atoms with Crippen LogP contribution in [-0.2, 0) is 11.3 Å². The Kier molecular flexibility index (Phi) is 4.85. The predicted octanol–water partition coefficient (Wildman–Crippen LogP) is 4.57. The normalized spacial score (nSPS) is 20.4. The van der Waals surface area contributed by atoms with Crippen molar-refractivity contribution in [2.45, 2.75) is 52.0 Å². The van der Waals surface area contributed by atoms with Crippen LogP contribution in [0.15, 0.2) is 41.3 Å². The number of fused-ring (bicyclic) bond motifs is 3. The van der Waals surface area contributed by atoms with E-state index >= 15 is 0 Å². The Morgan fingerprint density at radius 2 is 1.89 bits per heavy atom. The maximum atomic E-state index is 13.8. The molecule has 2 heterocycles. The standard InChI is InChI=1S/C22H25FN2O2/c1-15-4-6-16(7-5-15)13-18(26)10-12-25-21-14-17(23)8-9-19(21)24-11-2-3-20(24)22(25)27/h2-3,8-9,11,14-16H,4-7,10,12-13H2,1H3. The molecule has 4 nitrogen and oxygen atoms in total. The lowest BCUT2D eigenvalue weighted by Crippen LogP contribution is -2.24. The lowest BCUT2D eigenvalue weighted by molar-refractivity contribution is -0.120. The molecular formula is C22H25FN2O2. The lowest BCUT2D eigenvalue weighted by Gasteiger charge is -2.25. The average Bonchev–Trinajstić information content (AvgIpc) is 3.13. The van der Waals surface area contributed by atoms with Gasteiger partial charge in [-0.2, -0.15) is 0 Å². The Balaban J connectivity index is 1.57. The summed E-state index contributed by atoms with van der Waals surface area (Å²) in [5.74, 6) is 1.06. The van der Waals surface area contributed by atoms with Gasteiger partial charge in [-0.15, -0.1) is 0 Å². The molecule has 27 heavy (non-hydrogen) atoms. The number of carbonyl (C=O) groups excluding carboxylic acids is 1. The second-order valence-electron chi connectivity index (χ2n) is 7.97. The summed E-state index contributed by atoms with van der Waals surface area (Å²) in [5.41, 5.74) is 1.66. The molecule has 0 aliphatic heterocycles. The third-order valence-corrected chi connectivity index (χ3v) is 5.97. The van der Waals surface area contributed by atoms with E-state index in [1.54, 1.807) is 33.4 Å². The monoisotopic (exact) mass is 368 g/mol. The number of Topliss-reactive ketones (excluding diaryl/α,β-unsaturated/α-hetero) is 1. The molecule has 0 spiro atoms. The van der Waals surface area contributed by atoms with Crippen LogP contribution in [0.25, 0.3) is 16.6 Å². The minimum absolute atomic E-state index is 0.183. The second kappa shape index (κ2) is 7.29. The highest BCUT2D eigenvalue weighted by molar-refractivity contribution is 5.81. The molecule has 0 N–H and O–H groups in total. The highest BCUT2D eigenvalue weighted by atomic mass is 19.1. The minimum atomic E-state index is -0.384. The fourth-order valence-corrected chi connectivity index (χ4v) is 4.35. The molecule has 0 unspecified atom stereocenters. The van der Waals surface area contributed by atoms with Gasteiger partial charge in [0.05, 0.1) is 11.0 Å². The highest BCUT2D eigenvalue weighted by Crippen LogP contribution is 2.30. The van der Waals surface area contributed by atoms with E-state index in [1.807, 2.05) is 0 Å². The van der Waals surface area contributed by atoms with Crippen LogP contribution < -0.4 is 5.56 Å². The van der Waals surface area contributed by atoms with E-state index in [0.29, 0.717) is 36.3 Å². The second-order valence-corrected chi connectivity index (χ2v) is 7.97. The van der Waals surface area contributed by atoms with Crippen LogP contribution in [0, 0.1) is 17.7 Å². The van der Waals surface area contributed by atoms with Crippen LogP contribution in [0.3, 0.4) is 0 Å². The first-order valence-electron chi connectivity index (χ1n) is 9.84. The van der Waals surface area contributed by atoms with Gasteiger partial charge in [0, 0.05) is 25.6 Å². The van der Waals surface area contributed by atoms with Gasteiger partial charge in [0.2, 0.25) is 0 Å². The molecule has 0 bridgehead atoms. The topological polar surface area (TPSA) is 43.5 Å². The van der Waals surface area contributed by atoms with Gasteiger partial charge in [-0.25, -0.2) is 4.39 Å². The molecule has 0 radical (unpaired) electrons. The molecular weight excluding hydrogens is 343 g/mol. The molecule has 1 saturated carbocycles. The zero-order chi connectivity index (χ0) is 19.0. The van der Waals surface area contributed by atoms with Crippen LogP contribution in [0.4, 0.5) is 4.39 Å². The Labute approximate surface area is 157 Å². The van der Waals surface area contributed by atoms with Gasteiger partial charge in [0.1, 0.15) is 17.1 Å². The quantitative estimate of drug-likeness (QED) is 0.662. The maximum absolute atomic E-state index is 13.8. The number of ketones is 1.